The van der Waals surface area contributed by atoms with Gasteiger partial charge in [0.1, 0.15) is 11.6 Å². The Labute approximate surface area is 271 Å². The van der Waals surface area contributed by atoms with Gasteiger partial charge >= 0.3 is 0 Å². The molecule has 0 aliphatic carbocycles. The highest BCUT2D eigenvalue weighted by Crippen LogP contribution is 2.31. The molecule has 5 rings (SSSR count). The molecule has 2 N–H and O–H groups in total. The van der Waals surface area contributed by atoms with Crippen LogP contribution in [0.1, 0.15) is 22.3 Å². The molecule has 3 aromatic rings. The normalized spacial score (nSPS) is 16.0. The number of halogens is 6. The van der Waals surface area contributed by atoms with Gasteiger partial charge in [0.25, 0.3) is 0 Å². The van der Waals surface area contributed by atoms with Crippen LogP contribution >= 0.6 is 69.9 Å². The monoisotopic (exact) mass is 688 g/mol. The first-order valence-electron chi connectivity index (χ1n) is 12.8. The van der Waals surface area contributed by atoms with Crippen LogP contribution in [0.5, 0.6) is 0 Å². The van der Waals surface area contributed by atoms with Gasteiger partial charge in [-0.25, -0.2) is 18.8 Å². The summed E-state index contributed by atoms with van der Waals surface area (Å²) >= 11 is 27.8. The molecule has 2 aliphatic rings. The molecular weight excluding hydrogens is 664 g/mol. The van der Waals surface area contributed by atoms with Crippen LogP contribution in [0.15, 0.2) is 58.5 Å². The van der Waals surface area contributed by atoms with Crippen molar-refractivity contribution in [1.82, 2.24) is 20.4 Å². The molecule has 6 nitrogen and oxygen atoms in total. The van der Waals surface area contributed by atoms with Crippen LogP contribution < -0.4 is 10.6 Å². The summed E-state index contributed by atoms with van der Waals surface area (Å²) < 4.78 is 26.9. The number of thioether (sulfide) groups is 2. The molecule has 0 saturated carbocycles. The molecule has 3 aromatic carbocycles. The summed E-state index contributed by atoms with van der Waals surface area (Å²) in [6.45, 7) is 3.48. The van der Waals surface area contributed by atoms with Gasteiger partial charge in [0.15, 0.2) is 10.3 Å². The Morgan fingerprint density at radius 2 is 1.07 bits per heavy atom. The number of amidine groups is 2. The summed E-state index contributed by atoms with van der Waals surface area (Å²) in [4.78, 5) is 13.5. The largest absolute Gasteiger partial charge is 0.352 e. The van der Waals surface area contributed by atoms with Crippen molar-refractivity contribution in [2.24, 2.45) is 9.98 Å². The van der Waals surface area contributed by atoms with Crippen molar-refractivity contribution < 1.29 is 8.78 Å². The van der Waals surface area contributed by atoms with E-state index in [-0.39, 0.29) is 10.0 Å². The average molecular weight is 691 g/mol. The fraction of sp³-hybridized carbons (Fsp3) is 0.286. The zero-order chi connectivity index (χ0) is 29.6. The highest BCUT2D eigenvalue weighted by atomic mass is 35.5. The molecule has 0 amide bonds. The van der Waals surface area contributed by atoms with Crippen LogP contribution in [0, 0.1) is 11.6 Å². The molecule has 222 valence electrons. The Hall–Kier alpha value is -1.76. The molecule has 0 saturated heterocycles. The van der Waals surface area contributed by atoms with Gasteiger partial charge in [-0.1, -0.05) is 82.1 Å². The minimum absolute atomic E-state index is 0.119. The smallest absolute Gasteiger partial charge is 0.159 e. The molecule has 0 spiro atoms. The quantitative estimate of drug-likeness (QED) is 0.252. The second-order valence-electron chi connectivity index (χ2n) is 9.65. The lowest BCUT2D eigenvalue weighted by molar-refractivity contribution is 0.258. The second-order valence-corrected chi connectivity index (χ2v) is 13.2. The number of nitrogens with one attached hydrogen (secondary N) is 2. The Morgan fingerprint density at radius 3 is 1.43 bits per heavy atom. The van der Waals surface area contributed by atoms with Crippen molar-refractivity contribution in [1.29, 1.82) is 0 Å². The predicted molar refractivity (Wildman–Crippen MR) is 174 cm³/mol. The number of aliphatic imine (C=N–C) groups is 2. The molecule has 0 radical (unpaired) electrons. The highest BCUT2D eigenvalue weighted by Gasteiger charge is 2.17. The van der Waals surface area contributed by atoms with Crippen molar-refractivity contribution >= 4 is 80.3 Å². The Morgan fingerprint density at radius 1 is 0.643 bits per heavy atom. The summed E-state index contributed by atoms with van der Waals surface area (Å²) in [6.07, 6.45) is 0. The maximum Gasteiger partial charge on any atom is 0.159 e. The number of rotatable bonds is 8. The molecule has 2 aliphatic heterocycles. The molecule has 0 unspecified atom stereocenters. The summed E-state index contributed by atoms with van der Waals surface area (Å²) in [5.41, 5.74) is 3.99. The Kier molecular flexibility index (Phi) is 11.2. The maximum atomic E-state index is 13.5. The van der Waals surface area contributed by atoms with E-state index in [2.05, 4.69) is 30.4 Å². The van der Waals surface area contributed by atoms with E-state index < -0.39 is 11.6 Å². The lowest BCUT2D eigenvalue weighted by Crippen LogP contribution is -2.41. The number of nitrogens with zero attached hydrogens (tertiary/aromatic N) is 4. The van der Waals surface area contributed by atoms with Crippen LogP contribution in [0.25, 0.3) is 0 Å². The standard InChI is InChI=1S/C28H26Cl4F2N6S2/c29-21-7-19(11-41-27-35-13-39(14-36-27)9-17-1-3-25(33)23(31)5-17)20(8-22(21)30)12-42-28-37-15-40(16-38-28)10-18-2-4-26(34)24(32)6-18/h1-8H,9-16H2,(H,35,36)(H,37,38). The van der Waals surface area contributed by atoms with Crippen LogP contribution in [-0.4, -0.2) is 46.8 Å². The van der Waals surface area contributed by atoms with E-state index in [4.69, 9.17) is 46.4 Å². The van der Waals surface area contributed by atoms with Gasteiger partial charge in [-0.15, -0.1) is 0 Å². The van der Waals surface area contributed by atoms with Crippen LogP contribution in [-0.2, 0) is 24.6 Å². The van der Waals surface area contributed by atoms with Crippen molar-refractivity contribution in [2.75, 3.05) is 26.7 Å². The first kappa shape index (κ1) is 31.7. The minimum Gasteiger partial charge on any atom is -0.352 e. The van der Waals surface area contributed by atoms with Crippen molar-refractivity contribution in [2.45, 2.75) is 24.6 Å². The van der Waals surface area contributed by atoms with Gasteiger partial charge < -0.3 is 10.6 Å². The second kappa shape index (κ2) is 14.8. The van der Waals surface area contributed by atoms with E-state index in [0.717, 1.165) is 32.6 Å². The molecule has 42 heavy (non-hydrogen) atoms. The molecule has 2 heterocycles. The van der Waals surface area contributed by atoms with Crippen LogP contribution in [0.3, 0.4) is 0 Å². The highest BCUT2D eigenvalue weighted by molar-refractivity contribution is 8.13. The third-order valence-electron chi connectivity index (χ3n) is 6.49. The maximum absolute atomic E-state index is 13.5. The third kappa shape index (κ3) is 8.66. The Bertz CT molecular complexity index is 1400. The van der Waals surface area contributed by atoms with Crippen molar-refractivity contribution in [3.8, 4) is 0 Å². The SMILES string of the molecule is Fc1ccc(CN2CN=C(SCc3cc(Cl)c(Cl)cc3CSC3=NCN(Cc4ccc(F)c(Cl)c4)CN3)NC2)cc1Cl. The van der Waals surface area contributed by atoms with Gasteiger partial charge in [-0.05, 0) is 58.7 Å². The molecule has 0 fully saturated rings. The summed E-state index contributed by atoms with van der Waals surface area (Å²) in [6, 6.07) is 13.3. The lowest BCUT2D eigenvalue weighted by Gasteiger charge is -2.27. The Balaban J connectivity index is 1.13. The summed E-state index contributed by atoms with van der Waals surface area (Å²) in [5.74, 6) is 0.488. The fourth-order valence-electron chi connectivity index (χ4n) is 4.29. The summed E-state index contributed by atoms with van der Waals surface area (Å²) in [7, 11) is 0. The minimum atomic E-state index is -0.423. The zero-order valence-electron chi connectivity index (χ0n) is 22.1. The van der Waals surface area contributed by atoms with Crippen molar-refractivity contribution in [3.63, 3.8) is 0 Å². The molecule has 0 atom stereocenters. The fourth-order valence-corrected chi connectivity index (χ4v) is 6.82. The predicted octanol–water partition coefficient (Wildman–Crippen LogP) is 7.80. The van der Waals surface area contributed by atoms with Gasteiger partial charge in [0, 0.05) is 24.6 Å². The van der Waals surface area contributed by atoms with E-state index in [1.54, 1.807) is 47.8 Å². The van der Waals surface area contributed by atoms with E-state index in [0.29, 0.717) is 61.3 Å². The van der Waals surface area contributed by atoms with Gasteiger partial charge in [0.05, 0.1) is 46.8 Å². The van der Waals surface area contributed by atoms with Gasteiger partial charge in [-0.3, -0.25) is 9.80 Å². The lowest BCUT2D eigenvalue weighted by atomic mass is 10.1. The third-order valence-corrected chi connectivity index (χ3v) is 9.79. The number of benzene rings is 3. The van der Waals surface area contributed by atoms with E-state index in [1.165, 1.54) is 12.1 Å². The van der Waals surface area contributed by atoms with Crippen LogP contribution in [0.4, 0.5) is 8.78 Å². The van der Waals surface area contributed by atoms with E-state index in [9.17, 15) is 8.78 Å². The average Bonchev–Trinajstić information content (AvgIpc) is 2.98. The van der Waals surface area contributed by atoms with Crippen molar-refractivity contribution in [3.05, 3.63) is 103 Å². The number of hydrogen-bond donors (Lipinski definition) is 2. The first-order chi connectivity index (χ1) is 20.2. The van der Waals surface area contributed by atoms with Crippen LogP contribution in [0.2, 0.25) is 20.1 Å². The zero-order valence-corrected chi connectivity index (χ0v) is 26.8. The topological polar surface area (TPSA) is 55.3 Å². The van der Waals surface area contributed by atoms with E-state index >= 15 is 0 Å². The molecule has 0 bridgehead atoms. The molecular formula is C28H26Cl4F2N6S2. The summed E-state index contributed by atoms with van der Waals surface area (Å²) in [5, 5.41) is 9.64. The molecule has 0 aromatic heterocycles. The van der Waals surface area contributed by atoms with Gasteiger partial charge in [0.2, 0.25) is 0 Å². The first-order valence-corrected chi connectivity index (χ1v) is 16.3. The molecule has 14 heteroatoms. The van der Waals surface area contributed by atoms with E-state index in [1.807, 2.05) is 12.1 Å². The number of hydrogen-bond acceptors (Lipinski definition) is 8. The van der Waals surface area contributed by atoms with Gasteiger partial charge in [-0.2, -0.15) is 0 Å².